The van der Waals surface area contributed by atoms with Crippen LogP contribution in [-0.4, -0.2) is 33.1 Å². The van der Waals surface area contributed by atoms with Gasteiger partial charge in [-0.15, -0.1) is 5.10 Å². The lowest BCUT2D eigenvalue weighted by atomic mass is 10.3. The maximum Gasteiger partial charge on any atom is 0.214 e. The Hall–Kier alpha value is -1.34. The van der Waals surface area contributed by atoms with Crippen molar-refractivity contribution < 1.29 is 4.74 Å². The van der Waals surface area contributed by atoms with Crippen molar-refractivity contribution in [2.45, 2.75) is 5.16 Å². The van der Waals surface area contributed by atoms with Gasteiger partial charge in [0.15, 0.2) is 0 Å². The van der Waals surface area contributed by atoms with Gasteiger partial charge in [-0.05, 0) is 39.2 Å². The number of hydrogen-bond acceptors (Lipinski definition) is 5. The smallest absolute Gasteiger partial charge is 0.214 e. The molecule has 2 aromatic rings. The van der Waals surface area contributed by atoms with Gasteiger partial charge in [0.25, 0.3) is 0 Å². The van der Waals surface area contributed by atoms with Crippen LogP contribution < -0.4 is 4.74 Å². The highest BCUT2D eigenvalue weighted by molar-refractivity contribution is 9.11. The van der Waals surface area contributed by atoms with E-state index in [2.05, 4.69) is 38.0 Å². The minimum atomic E-state index is 0.719. The number of benzene rings is 1. The van der Waals surface area contributed by atoms with E-state index in [4.69, 9.17) is 4.74 Å². The van der Waals surface area contributed by atoms with E-state index in [-0.39, 0.29) is 0 Å². The Morgan fingerprint density at radius 2 is 2.17 bits per heavy atom. The number of thioether (sulfide) groups is 1. The molecule has 18 heavy (non-hydrogen) atoms. The second kappa shape index (κ2) is 6.01. The zero-order valence-corrected chi connectivity index (χ0v) is 12.1. The predicted molar refractivity (Wildman–Crippen MR) is 74.5 cm³/mol. The zero-order chi connectivity index (χ0) is 13.0. The Balaban J connectivity index is 2.21. The molecule has 0 bridgehead atoms. The number of nitrogens with zero attached hydrogens (tertiary/aromatic N) is 4. The number of aromatic nitrogens is 4. The Bertz CT molecular complexity index is 540. The lowest BCUT2D eigenvalue weighted by Crippen LogP contribution is -1.99. The molecule has 5 nitrogen and oxygen atoms in total. The molecular formula is C11H11BrN4OS. The number of ether oxygens (including phenoxy) is 1. The second-order valence-electron chi connectivity index (χ2n) is 3.38. The summed E-state index contributed by atoms with van der Waals surface area (Å²) in [6.45, 7) is 3.78. The van der Waals surface area contributed by atoms with E-state index in [1.165, 1.54) is 11.8 Å². The molecule has 0 unspecified atom stereocenters. The second-order valence-corrected chi connectivity index (χ2v) is 5.44. The first-order chi connectivity index (χ1) is 8.70. The van der Waals surface area contributed by atoms with Crippen molar-refractivity contribution in [2.24, 2.45) is 0 Å². The third-order valence-corrected chi connectivity index (χ3v) is 3.77. The van der Waals surface area contributed by atoms with Gasteiger partial charge in [-0.25, -0.2) is 0 Å². The van der Waals surface area contributed by atoms with Crippen LogP contribution in [0.1, 0.15) is 0 Å². The summed E-state index contributed by atoms with van der Waals surface area (Å²) in [6, 6.07) is 7.55. The van der Waals surface area contributed by atoms with Crippen molar-refractivity contribution >= 4 is 27.7 Å². The Morgan fingerprint density at radius 3 is 2.78 bits per heavy atom. The van der Waals surface area contributed by atoms with Crippen molar-refractivity contribution in [3.63, 3.8) is 0 Å². The molecule has 1 heterocycles. The minimum Gasteiger partial charge on any atom is -0.497 e. The summed E-state index contributed by atoms with van der Waals surface area (Å²) in [5.41, 5.74) is 0.892. The molecule has 1 aromatic heterocycles. The van der Waals surface area contributed by atoms with Crippen LogP contribution in [0.5, 0.6) is 5.75 Å². The first-order valence-corrected chi connectivity index (χ1v) is 6.87. The van der Waals surface area contributed by atoms with Crippen LogP contribution in [0, 0.1) is 0 Å². The highest BCUT2D eigenvalue weighted by atomic mass is 79.9. The summed E-state index contributed by atoms with van der Waals surface area (Å²) in [4.78, 5) is 0. The van der Waals surface area contributed by atoms with E-state index in [1.54, 1.807) is 11.8 Å². The summed E-state index contributed by atoms with van der Waals surface area (Å²) in [5.74, 6) is 1.52. The Morgan fingerprint density at radius 1 is 1.44 bits per heavy atom. The molecule has 0 fully saturated rings. The highest BCUT2D eigenvalue weighted by Crippen LogP contribution is 2.22. The lowest BCUT2D eigenvalue weighted by molar-refractivity contribution is 0.414. The third-order valence-electron chi connectivity index (χ3n) is 2.12. The number of rotatable bonds is 5. The van der Waals surface area contributed by atoms with Crippen molar-refractivity contribution in [3.8, 4) is 11.4 Å². The monoisotopic (exact) mass is 326 g/mol. The summed E-state index contributed by atoms with van der Waals surface area (Å²) in [7, 11) is 1.63. The Kier molecular flexibility index (Phi) is 4.38. The molecule has 0 saturated heterocycles. The molecule has 0 atom stereocenters. The SMILES string of the molecule is C=C(Br)CSc1nnnn1-c1ccc(OC)cc1. The van der Waals surface area contributed by atoms with E-state index < -0.39 is 0 Å². The first kappa shape index (κ1) is 13.1. The number of methoxy groups -OCH3 is 1. The van der Waals surface area contributed by atoms with Gasteiger partial charge in [-0.2, -0.15) is 4.68 Å². The van der Waals surface area contributed by atoms with Crippen molar-refractivity contribution in [2.75, 3.05) is 12.9 Å². The highest BCUT2D eigenvalue weighted by Gasteiger charge is 2.09. The molecule has 94 valence electrons. The zero-order valence-electron chi connectivity index (χ0n) is 9.71. The maximum atomic E-state index is 5.11. The van der Waals surface area contributed by atoms with Crippen LogP contribution in [-0.2, 0) is 0 Å². The van der Waals surface area contributed by atoms with E-state index in [9.17, 15) is 0 Å². The fourth-order valence-electron chi connectivity index (χ4n) is 1.30. The number of halogens is 1. The molecule has 0 spiro atoms. The van der Waals surface area contributed by atoms with Gasteiger partial charge in [0.1, 0.15) is 5.75 Å². The van der Waals surface area contributed by atoms with E-state index in [0.29, 0.717) is 0 Å². The topological polar surface area (TPSA) is 52.8 Å². The Labute approximate surface area is 117 Å². The van der Waals surface area contributed by atoms with E-state index in [0.717, 1.165) is 26.8 Å². The van der Waals surface area contributed by atoms with Crippen LogP contribution in [0.4, 0.5) is 0 Å². The van der Waals surface area contributed by atoms with Crippen LogP contribution in [0.15, 0.2) is 40.5 Å². The van der Waals surface area contributed by atoms with Crippen LogP contribution >= 0.6 is 27.7 Å². The van der Waals surface area contributed by atoms with E-state index in [1.807, 2.05) is 24.3 Å². The fraction of sp³-hybridized carbons (Fsp3) is 0.182. The molecule has 1 aromatic carbocycles. The first-order valence-electron chi connectivity index (χ1n) is 5.09. The van der Waals surface area contributed by atoms with Gasteiger partial charge in [0.05, 0.1) is 12.8 Å². The maximum absolute atomic E-state index is 5.11. The van der Waals surface area contributed by atoms with Gasteiger partial charge < -0.3 is 4.74 Å². The average molecular weight is 327 g/mol. The molecule has 0 aliphatic heterocycles. The standard InChI is InChI=1S/C11H11BrN4OS/c1-8(12)7-18-11-13-14-15-16(11)9-3-5-10(17-2)6-4-9/h3-6H,1,7H2,2H3. The molecular weight excluding hydrogens is 316 g/mol. The molecule has 0 radical (unpaired) electrons. The molecule has 0 amide bonds. The van der Waals surface area contributed by atoms with Gasteiger partial charge in [0.2, 0.25) is 5.16 Å². The molecule has 0 N–H and O–H groups in total. The van der Waals surface area contributed by atoms with Gasteiger partial charge in [-0.3, -0.25) is 0 Å². The van der Waals surface area contributed by atoms with Gasteiger partial charge >= 0.3 is 0 Å². The lowest BCUT2D eigenvalue weighted by Gasteiger charge is -2.05. The predicted octanol–water partition coefficient (Wildman–Crippen LogP) is 2.67. The molecule has 0 saturated carbocycles. The van der Waals surface area contributed by atoms with Crippen molar-refractivity contribution in [1.29, 1.82) is 0 Å². The summed E-state index contributed by atoms with van der Waals surface area (Å²) >= 11 is 4.83. The number of tetrazole rings is 1. The van der Waals surface area contributed by atoms with Crippen LogP contribution in [0.3, 0.4) is 0 Å². The van der Waals surface area contributed by atoms with Crippen LogP contribution in [0.25, 0.3) is 5.69 Å². The largest absolute Gasteiger partial charge is 0.497 e. The minimum absolute atomic E-state index is 0.719. The summed E-state index contributed by atoms with van der Waals surface area (Å²) in [5, 5.41) is 12.4. The average Bonchev–Trinajstić information content (AvgIpc) is 2.85. The van der Waals surface area contributed by atoms with E-state index >= 15 is 0 Å². The van der Waals surface area contributed by atoms with Crippen molar-refractivity contribution in [3.05, 3.63) is 35.3 Å². The van der Waals surface area contributed by atoms with Gasteiger partial charge in [-0.1, -0.05) is 34.3 Å². The fourth-order valence-corrected chi connectivity index (χ4v) is 2.28. The molecule has 2 rings (SSSR count). The summed E-state index contributed by atoms with van der Waals surface area (Å²) < 4.78 is 7.69. The summed E-state index contributed by atoms with van der Waals surface area (Å²) in [6.07, 6.45) is 0. The quantitative estimate of drug-likeness (QED) is 0.791. The molecule has 0 aliphatic rings. The molecule has 0 aliphatic carbocycles. The van der Waals surface area contributed by atoms with Crippen molar-refractivity contribution in [1.82, 2.24) is 20.2 Å². The normalized spacial score (nSPS) is 10.3. The third kappa shape index (κ3) is 3.11. The van der Waals surface area contributed by atoms with Crippen LogP contribution in [0.2, 0.25) is 0 Å². The van der Waals surface area contributed by atoms with Gasteiger partial charge in [0, 0.05) is 5.75 Å². The molecule has 7 heteroatoms. The number of hydrogen-bond donors (Lipinski definition) is 0.